The minimum atomic E-state index is -0.354. The van der Waals surface area contributed by atoms with Gasteiger partial charge in [-0.1, -0.05) is 53.4 Å². The first-order valence-electron chi connectivity index (χ1n) is 10.6. The normalized spacial score (nSPS) is 10.6. The van der Waals surface area contributed by atoms with Gasteiger partial charge in [0.2, 0.25) is 0 Å². The van der Waals surface area contributed by atoms with Crippen molar-refractivity contribution in [3.05, 3.63) is 18.7 Å². The number of carbonyl (C=O) groups is 1. The van der Waals surface area contributed by atoms with Crippen molar-refractivity contribution in [1.29, 1.82) is 0 Å². The molecule has 1 aromatic rings. The van der Waals surface area contributed by atoms with Gasteiger partial charge in [0.25, 0.3) is 0 Å². The third-order valence-electron chi connectivity index (χ3n) is 4.66. The highest BCUT2D eigenvalue weighted by atomic mass is 16.7. The van der Waals surface area contributed by atoms with Crippen molar-refractivity contribution in [2.24, 2.45) is 0 Å². The summed E-state index contributed by atoms with van der Waals surface area (Å²) in [5, 5.41) is 0. The maximum Gasteiger partial charge on any atom is 0.329 e. The van der Waals surface area contributed by atoms with Gasteiger partial charge in [-0.3, -0.25) is 0 Å². The Balaban J connectivity index is 0. The Bertz CT molecular complexity index is 398. The van der Waals surface area contributed by atoms with Gasteiger partial charge in [-0.2, -0.15) is 4.73 Å². The van der Waals surface area contributed by atoms with Gasteiger partial charge >= 0.3 is 5.97 Å². The fourth-order valence-electron chi connectivity index (χ4n) is 3.09. The van der Waals surface area contributed by atoms with E-state index in [1.807, 2.05) is 0 Å². The molecule has 0 unspecified atom stereocenters. The lowest BCUT2D eigenvalue weighted by atomic mass is 10.1. The quantitative estimate of drug-likeness (QED) is 0.483. The molecule has 1 rings (SSSR count). The molecule has 160 valence electrons. The predicted molar refractivity (Wildman–Crippen MR) is 114 cm³/mol. The van der Waals surface area contributed by atoms with Crippen LogP contribution in [-0.4, -0.2) is 46.3 Å². The molecule has 0 radical (unpaired) electrons. The van der Waals surface area contributed by atoms with Crippen LogP contribution in [0.2, 0.25) is 0 Å². The molecule has 0 amide bonds. The first kappa shape index (κ1) is 27.8. The molecule has 0 bridgehead atoms. The lowest BCUT2D eigenvalue weighted by Crippen LogP contribution is -2.50. The minimum Gasteiger partial charge on any atom is -0.344 e. The highest BCUT2D eigenvalue weighted by Gasteiger charge is 2.24. The maximum atomic E-state index is 10.2. The van der Waals surface area contributed by atoms with Crippen LogP contribution in [0.1, 0.15) is 86.0 Å². The molecule has 3 N–H and O–H groups in total. The molecular formula is C21H45N4O2+. The molecule has 0 aliphatic carbocycles. The van der Waals surface area contributed by atoms with Crippen LogP contribution >= 0.6 is 0 Å². The Labute approximate surface area is 167 Å². The van der Waals surface area contributed by atoms with Crippen LogP contribution in [0.25, 0.3) is 0 Å². The van der Waals surface area contributed by atoms with Crippen molar-refractivity contribution in [2.45, 2.75) is 86.0 Å². The van der Waals surface area contributed by atoms with E-state index in [9.17, 15) is 4.79 Å². The molecular weight excluding hydrogens is 340 g/mol. The van der Waals surface area contributed by atoms with E-state index in [1.165, 1.54) is 106 Å². The van der Waals surface area contributed by atoms with Gasteiger partial charge in [0.15, 0.2) is 0 Å². The van der Waals surface area contributed by atoms with E-state index in [2.05, 4.69) is 37.5 Å². The molecule has 27 heavy (non-hydrogen) atoms. The lowest BCUT2D eigenvalue weighted by molar-refractivity contribution is -0.929. The Hall–Kier alpha value is -1.40. The zero-order valence-corrected chi connectivity index (χ0v) is 18.6. The second-order valence-corrected chi connectivity index (χ2v) is 7.16. The zero-order valence-electron chi connectivity index (χ0n) is 18.6. The average Bonchev–Trinajstić information content (AvgIpc) is 3.13. The summed E-state index contributed by atoms with van der Waals surface area (Å²) in [6, 6.07) is 0. The summed E-state index contributed by atoms with van der Waals surface area (Å²) >= 11 is 0. The van der Waals surface area contributed by atoms with Crippen molar-refractivity contribution >= 4 is 5.97 Å². The molecule has 6 heteroatoms. The number of hydrogen-bond donors (Lipinski definition) is 1. The summed E-state index contributed by atoms with van der Waals surface area (Å²) in [6.45, 7) is 16.4. The molecule has 0 saturated heterocycles. The molecule has 0 spiro atoms. The van der Waals surface area contributed by atoms with Gasteiger partial charge in [0.1, 0.15) is 6.33 Å². The van der Waals surface area contributed by atoms with Gasteiger partial charge in [-0.15, -0.1) is 0 Å². The van der Waals surface area contributed by atoms with Gasteiger partial charge in [-0.25, -0.2) is 9.78 Å². The monoisotopic (exact) mass is 385 g/mol. The van der Waals surface area contributed by atoms with E-state index in [4.69, 9.17) is 0 Å². The van der Waals surface area contributed by atoms with E-state index in [1.54, 1.807) is 6.20 Å². The number of rotatable bonds is 13. The molecule has 0 aliphatic rings. The number of quaternary nitrogens is 1. The summed E-state index contributed by atoms with van der Waals surface area (Å²) in [5.41, 5.74) is 0. The summed E-state index contributed by atoms with van der Waals surface area (Å²) in [6.07, 6.45) is 15.5. The number of imidazole rings is 1. The highest BCUT2D eigenvalue weighted by molar-refractivity contribution is 5.66. The van der Waals surface area contributed by atoms with E-state index in [0.717, 1.165) is 0 Å². The third kappa shape index (κ3) is 14.3. The van der Waals surface area contributed by atoms with E-state index >= 15 is 0 Å². The van der Waals surface area contributed by atoms with Gasteiger partial charge in [0.05, 0.1) is 32.4 Å². The second kappa shape index (κ2) is 18.0. The Morgan fingerprint density at radius 2 is 1.30 bits per heavy atom. The second-order valence-electron chi connectivity index (χ2n) is 7.16. The Morgan fingerprint density at radius 3 is 1.56 bits per heavy atom. The smallest absolute Gasteiger partial charge is 0.329 e. The molecule has 0 saturated carbocycles. The largest absolute Gasteiger partial charge is 0.344 e. The van der Waals surface area contributed by atoms with Gasteiger partial charge in [0, 0.05) is 13.1 Å². The van der Waals surface area contributed by atoms with Crippen molar-refractivity contribution in [3.8, 4) is 0 Å². The SMILES string of the molecule is CC(=O)On1ccnc1.CCCC[N+](CCCC)(CCCC)CCCC.N. The Kier molecular flexibility index (Phi) is 18.5. The molecule has 0 aliphatic heterocycles. The van der Waals surface area contributed by atoms with E-state index < -0.39 is 0 Å². The molecule has 0 aromatic carbocycles. The molecule has 1 heterocycles. The molecule has 0 atom stereocenters. The number of aromatic nitrogens is 2. The topological polar surface area (TPSA) is 79.1 Å². The number of hydrogen-bond acceptors (Lipinski definition) is 4. The standard InChI is InChI=1S/C16H36N.C5H6N2O2.H3N/c1-5-9-13-17(14-10-6-2,15-11-7-3)16-12-8-4;1-5(8)9-7-3-2-6-4-7;/h5-16H2,1-4H3;2-4H,1H3;1H3/q+1;;. The van der Waals surface area contributed by atoms with Crippen LogP contribution in [0.4, 0.5) is 0 Å². The molecule has 0 fully saturated rings. The van der Waals surface area contributed by atoms with E-state index in [-0.39, 0.29) is 12.1 Å². The first-order valence-corrected chi connectivity index (χ1v) is 10.6. The fraction of sp³-hybridized carbons (Fsp3) is 0.810. The summed E-state index contributed by atoms with van der Waals surface area (Å²) in [4.78, 5) is 18.5. The van der Waals surface area contributed by atoms with Crippen LogP contribution in [-0.2, 0) is 4.79 Å². The predicted octanol–water partition coefficient (Wildman–Crippen LogP) is 5.02. The fourth-order valence-corrected chi connectivity index (χ4v) is 3.09. The minimum absolute atomic E-state index is 0. The zero-order chi connectivity index (χ0) is 19.7. The third-order valence-corrected chi connectivity index (χ3v) is 4.66. The van der Waals surface area contributed by atoms with Crippen LogP contribution in [0.3, 0.4) is 0 Å². The van der Waals surface area contributed by atoms with Crippen molar-refractivity contribution in [1.82, 2.24) is 15.9 Å². The summed E-state index contributed by atoms with van der Waals surface area (Å²) in [5.74, 6) is -0.354. The van der Waals surface area contributed by atoms with Crippen molar-refractivity contribution < 1.29 is 14.1 Å². The van der Waals surface area contributed by atoms with Gasteiger partial charge in [-0.05, 0) is 25.7 Å². The summed E-state index contributed by atoms with van der Waals surface area (Å²) < 4.78 is 2.66. The van der Waals surface area contributed by atoms with Gasteiger partial charge < -0.3 is 15.5 Å². The van der Waals surface area contributed by atoms with Crippen LogP contribution < -0.4 is 11.0 Å². The molecule has 6 nitrogen and oxygen atoms in total. The maximum absolute atomic E-state index is 10.2. The van der Waals surface area contributed by atoms with Crippen LogP contribution in [0.15, 0.2) is 18.7 Å². The average molecular weight is 386 g/mol. The van der Waals surface area contributed by atoms with Crippen LogP contribution in [0.5, 0.6) is 0 Å². The molecule has 1 aromatic heterocycles. The van der Waals surface area contributed by atoms with Crippen molar-refractivity contribution in [3.63, 3.8) is 0 Å². The first-order chi connectivity index (χ1) is 12.5. The highest BCUT2D eigenvalue weighted by Crippen LogP contribution is 2.16. The van der Waals surface area contributed by atoms with E-state index in [0.29, 0.717) is 0 Å². The number of nitrogens with zero attached hydrogens (tertiary/aromatic N) is 3. The lowest BCUT2D eigenvalue weighted by Gasteiger charge is -2.39. The number of unbranched alkanes of at least 4 members (excludes halogenated alkanes) is 4. The summed E-state index contributed by atoms with van der Waals surface area (Å²) in [7, 11) is 0. The van der Waals surface area contributed by atoms with Crippen molar-refractivity contribution in [2.75, 3.05) is 26.2 Å². The van der Waals surface area contributed by atoms with Crippen LogP contribution in [0, 0.1) is 0 Å². The Morgan fingerprint density at radius 1 is 0.889 bits per heavy atom. The number of carbonyl (C=O) groups excluding carboxylic acids is 1.